The molecule has 0 N–H and O–H groups in total. The second-order valence-corrected chi connectivity index (χ2v) is 5.01. The summed E-state index contributed by atoms with van der Waals surface area (Å²) in [5.41, 5.74) is 0.0666. The zero-order valence-electron chi connectivity index (χ0n) is 11.4. The molecule has 0 aliphatic carbocycles. The summed E-state index contributed by atoms with van der Waals surface area (Å²) in [5.74, 6) is 0.521. The Kier molecular flexibility index (Phi) is 6.33. The van der Waals surface area contributed by atoms with E-state index in [0.717, 1.165) is 18.4 Å². The van der Waals surface area contributed by atoms with E-state index in [9.17, 15) is 4.79 Å². The first-order valence-corrected chi connectivity index (χ1v) is 6.45. The first kappa shape index (κ1) is 16.8. The summed E-state index contributed by atoms with van der Waals surface area (Å²) < 4.78 is 10.8. The average molecular weight is 318 g/mol. The summed E-state index contributed by atoms with van der Waals surface area (Å²) in [6, 6.07) is 6.45. The highest BCUT2D eigenvalue weighted by molar-refractivity contribution is 6.31. The van der Waals surface area contributed by atoms with Crippen LogP contribution in [0.25, 0.3) is 11.0 Å². The molecule has 110 valence electrons. The fourth-order valence-corrected chi connectivity index (χ4v) is 1.96. The van der Waals surface area contributed by atoms with Crippen LogP contribution in [-0.2, 0) is 0 Å². The number of benzene rings is 1. The number of hydrogen-bond donors (Lipinski definition) is 0. The Labute approximate surface area is 128 Å². The lowest BCUT2D eigenvalue weighted by molar-refractivity contribution is 0.282. The van der Waals surface area contributed by atoms with Crippen LogP contribution in [0.3, 0.4) is 0 Å². The number of fused-ring (bicyclic) bond motifs is 1. The van der Waals surface area contributed by atoms with Crippen LogP contribution in [0.5, 0.6) is 5.75 Å². The van der Waals surface area contributed by atoms with Gasteiger partial charge in [-0.05, 0) is 38.7 Å². The minimum absolute atomic E-state index is 0. The largest absolute Gasteiger partial charge is 0.492 e. The van der Waals surface area contributed by atoms with E-state index in [1.54, 1.807) is 18.2 Å². The van der Waals surface area contributed by atoms with E-state index >= 15 is 0 Å². The maximum absolute atomic E-state index is 11.4. The monoisotopic (exact) mass is 317 g/mol. The third-order valence-corrected chi connectivity index (χ3v) is 2.91. The Hall–Kier alpha value is -1.23. The highest BCUT2D eigenvalue weighted by Crippen LogP contribution is 2.26. The predicted molar refractivity (Wildman–Crippen MR) is 83.4 cm³/mol. The van der Waals surface area contributed by atoms with Gasteiger partial charge in [-0.3, -0.25) is 0 Å². The van der Waals surface area contributed by atoms with Gasteiger partial charge in [-0.1, -0.05) is 11.6 Å². The summed E-state index contributed by atoms with van der Waals surface area (Å²) >= 11 is 5.95. The van der Waals surface area contributed by atoms with Crippen molar-refractivity contribution in [1.82, 2.24) is 4.90 Å². The molecule has 2 aromatic rings. The lowest BCUT2D eigenvalue weighted by Gasteiger charge is -2.11. The molecule has 6 heteroatoms. The molecule has 2 rings (SSSR count). The molecular formula is C14H17Cl2NO3. The third kappa shape index (κ3) is 4.40. The molecule has 0 saturated heterocycles. The van der Waals surface area contributed by atoms with Crippen molar-refractivity contribution in [3.63, 3.8) is 0 Å². The zero-order chi connectivity index (χ0) is 13.8. The topological polar surface area (TPSA) is 42.7 Å². The molecule has 0 amide bonds. The second-order valence-electron chi connectivity index (χ2n) is 4.58. The Morgan fingerprint density at radius 1 is 1.30 bits per heavy atom. The maximum atomic E-state index is 11.4. The summed E-state index contributed by atoms with van der Waals surface area (Å²) in [7, 11) is 4.01. The molecule has 0 saturated carbocycles. The number of halogens is 2. The predicted octanol–water partition coefficient (Wildman–Crippen LogP) is 3.20. The highest BCUT2D eigenvalue weighted by Gasteiger charge is 2.07. The second kappa shape index (κ2) is 7.53. The van der Waals surface area contributed by atoms with Crippen LogP contribution in [0.15, 0.2) is 33.5 Å². The number of hydrogen-bond acceptors (Lipinski definition) is 4. The van der Waals surface area contributed by atoms with Crippen molar-refractivity contribution in [2.75, 3.05) is 27.2 Å². The van der Waals surface area contributed by atoms with Crippen molar-refractivity contribution in [3.8, 4) is 5.75 Å². The van der Waals surface area contributed by atoms with E-state index in [1.807, 2.05) is 14.1 Å². The maximum Gasteiger partial charge on any atom is 0.339 e. The fraction of sp³-hybridized carbons (Fsp3) is 0.357. The molecular weight excluding hydrogens is 301 g/mol. The normalized spacial score (nSPS) is 10.6. The van der Waals surface area contributed by atoms with Crippen LogP contribution in [0.4, 0.5) is 0 Å². The van der Waals surface area contributed by atoms with Crippen LogP contribution >= 0.6 is 24.0 Å². The molecule has 4 nitrogen and oxygen atoms in total. The summed E-state index contributed by atoms with van der Waals surface area (Å²) in [5, 5.41) is 1.30. The molecule has 1 aromatic heterocycles. The zero-order valence-corrected chi connectivity index (χ0v) is 13.0. The van der Waals surface area contributed by atoms with Gasteiger partial charge in [0.15, 0.2) is 0 Å². The van der Waals surface area contributed by atoms with E-state index < -0.39 is 5.63 Å². The highest BCUT2D eigenvalue weighted by atomic mass is 35.5. The molecule has 1 heterocycles. The molecule has 0 fully saturated rings. The fourth-order valence-electron chi connectivity index (χ4n) is 1.79. The standard InChI is InChI=1S/C14H16ClNO3.ClH/c1-16(2)6-3-7-18-13-9-14(17)19-12-5-4-10(15)8-11(12)13;/h4-5,8-9H,3,6-7H2,1-2H3;1H. The van der Waals surface area contributed by atoms with Gasteiger partial charge >= 0.3 is 5.63 Å². The Balaban J connectivity index is 0.00000200. The smallest absolute Gasteiger partial charge is 0.339 e. The first-order valence-electron chi connectivity index (χ1n) is 6.07. The third-order valence-electron chi connectivity index (χ3n) is 2.67. The SMILES string of the molecule is CN(C)CCCOc1cc(=O)oc2ccc(Cl)cc12.Cl. The first-order chi connectivity index (χ1) is 9.06. The molecule has 1 aromatic carbocycles. The van der Waals surface area contributed by atoms with Gasteiger partial charge in [-0.15, -0.1) is 12.4 Å². The van der Waals surface area contributed by atoms with Crippen molar-refractivity contribution in [1.29, 1.82) is 0 Å². The lowest BCUT2D eigenvalue weighted by Crippen LogP contribution is -2.15. The van der Waals surface area contributed by atoms with Gasteiger partial charge in [0.25, 0.3) is 0 Å². The van der Waals surface area contributed by atoms with Crippen LogP contribution < -0.4 is 10.4 Å². The van der Waals surface area contributed by atoms with Crippen molar-refractivity contribution < 1.29 is 9.15 Å². The van der Waals surface area contributed by atoms with Crippen LogP contribution in [0, 0.1) is 0 Å². The van der Waals surface area contributed by atoms with E-state index in [0.29, 0.717) is 23.0 Å². The van der Waals surface area contributed by atoms with Crippen molar-refractivity contribution in [3.05, 3.63) is 39.7 Å². The van der Waals surface area contributed by atoms with Crippen LogP contribution in [0.1, 0.15) is 6.42 Å². The molecule has 0 spiro atoms. The van der Waals surface area contributed by atoms with E-state index in [4.69, 9.17) is 20.8 Å². The van der Waals surface area contributed by atoms with Gasteiger partial charge in [-0.2, -0.15) is 0 Å². The summed E-state index contributed by atoms with van der Waals surface area (Å²) in [4.78, 5) is 13.5. The van der Waals surface area contributed by atoms with Crippen LogP contribution in [-0.4, -0.2) is 32.1 Å². The molecule has 0 bridgehead atoms. The van der Waals surface area contributed by atoms with Crippen molar-refractivity contribution >= 4 is 35.0 Å². The molecule has 0 radical (unpaired) electrons. The Morgan fingerprint density at radius 3 is 2.75 bits per heavy atom. The molecule has 20 heavy (non-hydrogen) atoms. The number of ether oxygens (including phenoxy) is 1. The Morgan fingerprint density at radius 2 is 2.05 bits per heavy atom. The van der Waals surface area contributed by atoms with Gasteiger partial charge in [-0.25, -0.2) is 4.79 Å². The lowest BCUT2D eigenvalue weighted by atomic mass is 10.2. The quantitative estimate of drug-likeness (QED) is 0.627. The molecule has 0 aliphatic rings. The van der Waals surface area contributed by atoms with Crippen molar-refractivity contribution in [2.45, 2.75) is 6.42 Å². The average Bonchev–Trinajstić information content (AvgIpc) is 2.35. The van der Waals surface area contributed by atoms with Gasteiger partial charge in [0, 0.05) is 11.6 Å². The Bertz CT molecular complexity index is 625. The molecule has 0 atom stereocenters. The molecule has 0 aliphatic heterocycles. The van der Waals surface area contributed by atoms with Gasteiger partial charge in [0.1, 0.15) is 11.3 Å². The van der Waals surface area contributed by atoms with Gasteiger partial charge < -0.3 is 14.1 Å². The van der Waals surface area contributed by atoms with Gasteiger partial charge in [0.2, 0.25) is 0 Å². The van der Waals surface area contributed by atoms with E-state index in [1.165, 1.54) is 6.07 Å². The number of rotatable bonds is 5. The minimum atomic E-state index is -0.419. The van der Waals surface area contributed by atoms with E-state index in [-0.39, 0.29) is 12.4 Å². The van der Waals surface area contributed by atoms with Crippen LogP contribution in [0.2, 0.25) is 5.02 Å². The number of nitrogens with zero attached hydrogens (tertiary/aromatic N) is 1. The minimum Gasteiger partial charge on any atom is -0.492 e. The summed E-state index contributed by atoms with van der Waals surface area (Å²) in [6.45, 7) is 1.48. The van der Waals surface area contributed by atoms with E-state index in [2.05, 4.69) is 4.90 Å². The van der Waals surface area contributed by atoms with Gasteiger partial charge in [0.05, 0.1) is 18.1 Å². The summed E-state index contributed by atoms with van der Waals surface area (Å²) in [6.07, 6.45) is 0.884. The molecule has 0 unspecified atom stereocenters. The van der Waals surface area contributed by atoms with Crippen molar-refractivity contribution in [2.24, 2.45) is 0 Å².